The van der Waals surface area contributed by atoms with Crippen molar-refractivity contribution >= 4 is 22.7 Å². The zero-order valence-corrected chi connectivity index (χ0v) is 13.2. The molecule has 4 heterocycles. The molecule has 4 rings (SSSR count). The number of H-pyrrole nitrogens is 2. The third kappa shape index (κ3) is 2.82. The summed E-state index contributed by atoms with van der Waals surface area (Å²) in [6.07, 6.45) is 6.82. The molecule has 0 aliphatic carbocycles. The minimum absolute atomic E-state index is 0.179. The van der Waals surface area contributed by atoms with E-state index in [2.05, 4.69) is 35.4 Å². The average molecular weight is 325 g/mol. The molecular weight excluding hydrogens is 306 g/mol. The molecule has 0 spiro atoms. The molecule has 1 aliphatic heterocycles. The van der Waals surface area contributed by atoms with E-state index in [0.717, 1.165) is 48.6 Å². The van der Waals surface area contributed by atoms with Gasteiger partial charge in [-0.25, -0.2) is 15.1 Å². The van der Waals surface area contributed by atoms with Crippen LogP contribution in [0, 0.1) is 0 Å². The normalized spacial score (nSPS) is 18.0. The van der Waals surface area contributed by atoms with Gasteiger partial charge in [-0.2, -0.15) is 5.10 Å². The first kappa shape index (κ1) is 14.7. The Morgan fingerprint density at radius 1 is 1.25 bits per heavy atom. The van der Waals surface area contributed by atoms with Crippen molar-refractivity contribution < 1.29 is 0 Å². The van der Waals surface area contributed by atoms with Gasteiger partial charge in [-0.3, -0.25) is 4.79 Å². The van der Waals surface area contributed by atoms with Crippen molar-refractivity contribution in [2.24, 2.45) is 0 Å². The van der Waals surface area contributed by atoms with Crippen molar-refractivity contribution in [1.29, 1.82) is 0 Å². The van der Waals surface area contributed by atoms with E-state index in [-0.39, 0.29) is 5.56 Å². The number of aromatic amines is 2. The molecule has 3 aromatic rings. The number of nitrogens with zero attached hydrogens (tertiary/aromatic N) is 4. The molecule has 1 unspecified atom stereocenters. The van der Waals surface area contributed by atoms with Gasteiger partial charge in [0.1, 0.15) is 23.6 Å². The van der Waals surface area contributed by atoms with Gasteiger partial charge in [-0.1, -0.05) is 0 Å². The van der Waals surface area contributed by atoms with E-state index in [1.807, 2.05) is 12.3 Å². The molecular formula is C16H19N7O. The van der Waals surface area contributed by atoms with Gasteiger partial charge in [0.25, 0.3) is 5.56 Å². The molecule has 24 heavy (non-hydrogen) atoms. The second kappa shape index (κ2) is 6.31. The monoisotopic (exact) mass is 325 g/mol. The van der Waals surface area contributed by atoms with Gasteiger partial charge in [-0.05, 0) is 31.4 Å². The zero-order valence-electron chi connectivity index (χ0n) is 13.2. The van der Waals surface area contributed by atoms with Crippen molar-refractivity contribution in [2.45, 2.75) is 25.3 Å². The summed E-state index contributed by atoms with van der Waals surface area (Å²) in [5, 5.41) is 11.1. The number of fused-ring (bicyclic) bond motifs is 1. The summed E-state index contributed by atoms with van der Waals surface area (Å²) in [6.45, 7) is 1.70. The highest BCUT2D eigenvalue weighted by Crippen LogP contribution is 2.23. The molecule has 8 nitrogen and oxygen atoms in total. The van der Waals surface area contributed by atoms with Crippen molar-refractivity contribution in [3.8, 4) is 0 Å². The first-order valence-electron chi connectivity index (χ1n) is 8.15. The molecule has 0 radical (unpaired) electrons. The lowest BCUT2D eigenvalue weighted by atomic mass is 10.0. The summed E-state index contributed by atoms with van der Waals surface area (Å²) in [4.78, 5) is 25.1. The molecule has 1 aliphatic rings. The van der Waals surface area contributed by atoms with Crippen molar-refractivity contribution in [3.05, 3.63) is 41.1 Å². The quantitative estimate of drug-likeness (QED) is 0.672. The van der Waals surface area contributed by atoms with Crippen molar-refractivity contribution in [3.63, 3.8) is 0 Å². The summed E-state index contributed by atoms with van der Waals surface area (Å²) in [6, 6.07) is 5.59. The minimum atomic E-state index is -0.179. The number of anilines is 2. The Bertz CT molecular complexity index is 867. The standard InChI is InChI=1S/C16H19N7O/c24-14-5-4-13(21-22-14)23-8-2-1-3-11(23)9-18-16-12-6-7-17-15(12)19-10-20-16/h4-7,10-11H,1-3,8-9H2,(H,22,24)(H2,17,18,19,20). The Balaban J connectivity index is 1.52. The largest absolute Gasteiger partial charge is 0.367 e. The topological polar surface area (TPSA) is 103 Å². The third-order valence-electron chi connectivity index (χ3n) is 4.44. The van der Waals surface area contributed by atoms with Crippen LogP contribution < -0.4 is 15.8 Å². The van der Waals surface area contributed by atoms with Crippen LogP contribution >= 0.6 is 0 Å². The van der Waals surface area contributed by atoms with Gasteiger partial charge >= 0.3 is 0 Å². The summed E-state index contributed by atoms with van der Waals surface area (Å²) in [7, 11) is 0. The summed E-state index contributed by atoms with van der Waals surface area (Å²) in [5.74, 6) is 1.65. The van der Waals surface area contributed by atoms with Gasteiger partial charge < -0.3 is 15.2 Å². The van der Waals surface area contributed by atoms with E-state index in [1.54, 1.807) is 12.4 Å². The van der Waals surface area contributed by atoms with Crippen LogP contribution in [0.3, 0.4) is 0 Å². The van der Waals surface area contributed by atoms with Gasteiger partial charge in [-0.15, -0.1) is 0 Å². The second-order valence-electron chi connectivity index (χ2n) is 5.97. The van der Waals surface area contributed by atoms with Gasteiger partial charge in [0, 0.05) is 31.4 Å². The van der Waals surface area contributed by atoms with E-state index >= 15 is 0 Å². The fourth-order valence-corrected chi connectivity index (χ4v) is 3.24. The SMILES string of the molecule is O=c1ccc(N2CCCCC2CNc2ncnc3[nH]ccc23)n[nH]1. The van der Waals surface area contributed by atoms with Gasteiger partial charge in [0.05, 0.1) is 5.39 Å². The number of hydrogen-bond acceptors (Lipinski definition) is 6. The fourth-order valence-electron chi connectivity index (χ4n) is 3.24. The Kier molecular flexibility index (Phi) is 3.86. The second-order valence-corrected chi connectivity index (χ2v) is 5.97. The summed E-state index contributed by atoms with van der Waals surface area (Å²) >= 11 is 0. The van der Waals surface area contributed by atoms with E-state index < -0.39 is 0 Å². The lowest BCUT2D eigenvalue weighted by molar-refractivity contribution is 0.467. The van der Waals surface area contributed by atoms with Crippen LogP contribution in [0.2, 0.25) is 0 Å². The summed E-state index contributed by atoms with van der Waals surface area (Å²) < 4.78 is 0. The highest BCUT2D eigenvalue weighted by Gasteiger charge is 2.24. The highest BCUT2D eigenvalue weighted by atomic mass is 16.1. The number of piperidine rings is 1. The maximum atomic E-state index is 11.2. The molecule has 0 aromatic carbocycles. The molecule has 8 heteroatoms. The van der Waals surface area contributed by atoms with E-state index in [0.29, 0.717) is 6.04 Å². The molecule has 0 bridgehead atoms. The maximum absolute atomic E-state index is 11.2. The van der Waals surface area contributed by atoms with Crippen LogP contribution in [0.4, 0.5) is 11.6 Å². The Labute approximate surface area is 138 Å². The average Bonchev–Trinajstić information content (AvgIpc) is 3.10. The zero-order chi connectivity index (χ0) is 16.4. The lowest BCUT2D eigenvalue weighted by Crippen LogP contribution is -2.44. The number of hydrogen-bond donors (Lipinski definition) is 3. The van der Waals surface area contributed by atoms with E-state index in [9.17, 15) is 4.79 Å². The van der Waals surface area contributed by atoms with Crippen LogP contribution in [0.5, 0.6) is 0 Å². The van der Waals surface area contributed by atoms with Crippen molar-refractivity contribution in [2.75, 3.05) is 23.3 Å². The minimum Gasteiger partial charge on any atom is -0.367 e. The molecule has 124 valence electrons. The fraction of sp³-hybridized carbons (Fsp3) is 0.375. The van der Waals surface area contributed by atoms with Crippen LogP contribution in [0.25, 0.3) is 11.0 Å². The van der Waals surface area contributed by atoms with Crippen molar-refractivity contribution in [1.82, 2.24) is 25.1 Å². The van der Waals surface area contributed by atoms with E-state index in [4.69, 9.17) is 0 Å². The predicted octanol–water partition coefficient (Wildman–Crippen LogP) is 1.51. The lowest BCUT2D eigenvalue weighted by Gasteiger charge is -2.36. The maximum Gasteiger partial charge on any atom is 0.264 e. The summed E-state index contributed by atoms with van der Waals surface area (Å²) in [5.41, 5.74) is 0.650. The molecule has 0 saturated carbocycles. The smallest absolute Gasteiger partial charge is 0.264 e. The molecule has 1 atom stereocenters. The number of nitrogens with one attached hydrogen (secondary N) is 3. The molecule has 1 fully saturated rings. The van der Waals surface area contributed by atoms with Crippen LogP contribution in [-0.4, -0.2) is 44.3 Å². The van der Waals surface area contributed by atoms with Gasteiger partial charge in [0.2, 0.25) is 0 Å². The Morgan fingerprint density at radius 3 is 3.08 bits per heavy atom. The van der Waals surface area contributed by atoms with Gasteiger partial charge in [0.15, 0.2) is 0 Å². The predicted molar refractivity (Wildman–Crippen MR) is 92.2 cm³/mol. The third-order valence-corrected chi connectivity index (χ3v) is 4.44. The van der Waals surface area contributed by atoms with Crippen LogP contribution in [0.15, 0.2) is 35.5 Å². The molecule has 3 aromatic heterocycles. The van der Waals surface area contributed by atoms with Crippen LogP contribution in [0.1, 0.15) is 19.3 Å². The molecule has 1 saturated heterocycles. The molecule has 0 amide bonds. The highest BCUT2D eigenvalue weighted by molar-refractivity contribution is 5.86. The number of aromatic nitrogens is 5. The Morgan fingerprint density at radius 2 is 2.21 bits per heavy atom. The van der Waals surface area contributed by atoms with Crippen LogP contribution in [-0.2, 0) is 0 Å². The first-order valence-corrected chi connectivity index (χ1v) is 8.15. The molecule has 3 N–H and O–H groups in total. The van der Waals surface area contributed by atoms with E-state index in [1.165, 1.54) is 12.5 Å². The number of rotatable bonds is 4. The Hall–Kier alpha value is -2.90. The first-order chi connectivity index (χ1) is 11.8.